The van der Waals surface area contributed by atoms with E-state index in [0.717, 1.165) is 11.6 Å². The molecule has 0 fully saturated rings. The predicted octanol–water partition coefficient (Wildman–Crippen LogP) is 3.07. The Morgan fingerprint density at radius 2 is 2.19 bits per heavy atom. The van der Waals surface area contributed by atoms with Crippen LogP contribution in [-0.2, 0) is 17.8 Å². The zero-order valence-electron chi connectivity index (χ0n) is 11.2. The lowest BCUT2D eigenvalue weighted by Gasteiger charge is -2.06. The zero-order chi connectivity index (χ0) is 15.2. The Morgan fingerprint density at radius 3 is 2.81 bits per heavy atom. The second-order valence-corrected chi connectivity index (χ2v) is 4.95. The smallest absolute Gasteiger partial charge is 0.328 e. The van der Waals surface area contributed by atoms with E-state index in [9.17, 15) is 4.79 Å². The third-order valence-electron chi connectivity index (χ3n) is 2.54. The third kappa shape index (κ3) is 4.42. The van der Waals surface area contributed by atoms with Crippen molar-refractivity contribution in [2.45, 2.75) is 20.0 Å². The first kappa shape index (κ1) is 15.2. The van der Waals surface area contributed by atoms with Gasteiger partial charge in [-0.1, -0.05) is 13.0 Å². The van der Waals surface area contributed by atoms with Crippen molar-refractivity contribution in [3.05, 3.63) is 46.1 Å². The number of carboxylic acid groups (broad SMARTS) is 1. The van der Waals surface area contributed by atoms with Crippen LogP contribution in [0.3, 0.4) is 0 Å². The molecular formula is C14H13BrN2O4. The topological polar surface area (TPSA) is 85.5 Å². The Hall–Kier alpha value is -2.15. The summed E-state index contributed by atoms with van der Waals surface area (Å²) in [6, 6.07) is 5.26. The Balaban J connectivity index is 2.02. The van der Waals surface area contributed by atoms with Crippen molar-refractivity contribution < 1.29 is 19.1 Å². The average molecular weight is 353 g/mol. The first-order chi connectivity index (χ1) is 10.1. The lowest BCUT2D eigenvalue weighted by atomic mass is 10.2. The zero-order valence-corrected chi connectivity index (χ0v) is 12.8. The van der Waals surface area contributed by atoms with Crippen LogP contribution >= 0.6 is 15.9 Å². The molecule has 0 unspecified atom stereocenters. The van der Waals surface area contributed by atoms with Crippen LogP contribution in [0.2, 0.25) is 0 Å². The van der Waals surface area contributed by atoms with Gasteiger partial charge in [-0.25, -0.2) is 4.79 Å². The SMILES string of the molecule is CCc1nnc(COc2ccc(C=CC(=O)O)cc2Br)o1. The summed E-state index contributed by atoms with van der Waals surface area (Å²) in [6.45, 7) is 2.11. The fraction of sp³-hybridized carbons (Fsp3) is 0.214. The van der Waals surface area contributed by atoms with Gasteiger partial charge in [-0.05, 0) is 39.7 Å². The standard InChI is InChI=1S/C14H13BrN2O4/c1-2-12-16-17-13(21-12)8-20-11-5-3-9(7-10(11)15)4-6-14(18)19/h3-7H,2,8H2,1H3,(H,18,19). The molecule has 0 bridgehead atoms. The molecule has 1 N–H and O–H groups in total. The van der Waals surface area contributed by atoms with Crippen LogP contribution in [0.25, 0.3) is 6.08 Å². The number of hydrogen-bond acceptors (Lipinski definition) is 5. The van der Waals surface area contributed by atoms with E-state index in [0.29, 0.717) is 28.4 Å². The number of aryl methyl sites for hydroxylation is 1. The largest absolute Gasteiger partial charge is 0.483 e. The molecule has 110 valence electrons. The highest BCUT2D eigenvalue weighted by Gasteiger charge is 2.07. The molecule has 0 aliphatic heterocycles. The summed E-state index contributed by atoms with van der Waals surface area (Å²) >= 11 is 3.37. The van der Waals surface area contributed by atoms with Gasteiger partial charge in [-0.3, -0.25) is 0 Å². The monoisotopic (exact) mass is 352 g/mol. The molecule has 2 aromatic rings. The summed E-state index contributed by atoms with van der Waals surface area (Å²) in [7, 11) is 0. The molecule has 1 heterocycles. The van der Waals surface area contributed by atoms with Gasteiger partial charge in [-0.15, -0.1) is 10.2 Å². The number of aromatic nitrogens is 2. The number of aliphatic carboxylic acids is 1. The normalized spacial score (nSPS) is 11.0. The van der Waals surface area contributed by atoms with Crippen molar-refractivity contribution >= 4 is 28.0 Å². The van der Waals surface area contributed by atoms with Crippen molar-refractivity contribution in [1.82, 2.24) is 10.2 Å². The fourth-order valence-electron chi connectivity index (χ4n) is 1.53. The highest BCUT2D eigenvalue weighted by molar-refractivity contribution is 9.10. The number of carbonyl (C=O) groups is 1. The van der Waals surface area contributed by atoms with Gasteiger partial charge in [-0.2, -0.15) is 0 Å². The molecule has 0 saturated heterocycles. The Morgan fingerprint density at radius 1 is 1.43 bits per heavy atom. The number of halogens is 1. The molecule has 0 saturated carbocycles. The van der Waals surface area contributed by atoms with Crippen molar-refractivity contribution in [3.8, 4) is 5.75 Å². The molecule has 2 rings (SSSR count). The van der Waals surface area contributed by atoms with Crippen LogP contribution in [0.5, 0.6) is 5.75 Å². The molecular weight excluding hydrogens is 340 g/mol. The van der Waals surface area contributed by atoms with Crippen molar-refractivity contribution in [2.24, 2.45) is 0 Å². The van der Waals surface area contributed by atoms with Gasteiger partial charge in [0.1, 0.15) is 5.75 Å². The number of ether oxygens (including phenoxy) is 1. The van der Waals surface area contributed by atoms with Crippen LogP contribution in [0.4, 0.5) is 0 Å². The molecule has 7 heteroatoms. The minimum Gasteiger partial charge on any atom is -0.483 e. The highest BCUT2D eigenvalue weighted by atomic mass is 79.9. The molecule has 0 atom stereocenters. The van der Waals surface area contributed by atoms with E-state index in [1.54, 1.807) is 18.2 Å². The minimum absolute atomic E-state index is 0.176. The molecule has 0 spiro atoms. The maximum absolute atomic E-state index is 10.5. The van der Waals surface area contributed by atoms with Crippen LogP contribution in [0.1, 0.15) is 24.3 Å². The van der Waals surface area contributed by atoms with Gasteiger partial charge in [0.05, 0.1) is 4.47 Å². The second-order valence-electron chi connectivity index (χ2n) is 4.09. The van der Waals surface area contributed by atoms with Gasteiger partial charge in [0.15, 0.2) is 6.61 Å². The molecule has 0 aliphatic carbocycles. The number of nitrogens with zero attached hydrogens (tertiary/aromatic N) is 2. The molecule has 1 aromatic carbocycles. The summed E-state index contributed by atoms with van der Waals surface area (Å²) in [5, 5.41) is 16.3. The first-order valence-electron chi connectivity index (χ1n) is 6.23. The quantitative estimate of drug-likeness (QED) is 0.804. The van der Waals surface area contributed by atoms with Gasteiger partial charge in [0.25, 0.3) is 5.89 Å². The fourth-order valence-corrected chi connectivity index (χ4v) is 2.05. The van der Waals surface area contributed by atoms with E-state index >= 15 is 0 Å². The number of rotatable bonds is 6. The summed E-state index contributed by atoms with van der Waals surface area (Å²) < 4.78 is 11.6. The molecule has 0 aliphatic rings. The van der Waals surface area contributed by atoms with E-state index < -0.39 is 5.97 Å². The molecule has 0 amide bonds. The van der Waals surface area contributed by atoms with Crippen LogP contribution < -0.4 is 4.74 Å². The van der Waals surface area contributed by atoms with E-state index in [4.69, 9.17) is 14.3 Å². The van der Waals surface area contributed by atoms with E-state index in [1.165, 1.54) is 6.08 Å². The van der Waals surface area contributed by atoms with Gasteiger partial charge in [0.2, 0.25) is 5.89 Å². The van der Waals surface area contributed by atoms with Crippen LogP contribution in [-0.4, -0.2) is 21.3 Å². The average Bonchev–Trinajstić information content (AvgIpc) is 2.92. The molecule has 0 radical (unpaired) electrons. The van der Waals surface area contributed by atoms with Gasteiger partial charge in [0, 0.05) is 12.5 Å². The maximum Gasteiger partial charge on any atom is 0.328 e. The van der Waals surface area contributed by atoms with Crippen molar-refractivity contribution in [1.29, 1.82) is 0 Å². The maximum atomic E-state index is 10.5. The molecule has 21 heavy (non-hydrogen) atoms. The lowest BCUT2D eigenvalue weighted by Crippen LogP contribution is -1.96. The van der Waals surface area contributed by atoms with Gasteiger partial charge >= 0.3 is 5.97 Å². The number of carboxylic acids is 1. The summed E-state index contributed by atoms with van der Waals surface area (Å²) in [6.07, 6.45) is 3.26. The Kier molecular flexibility index (Phi) is 5.10. The highest BCUT2D eigenvalue weighted by Crippen LogP contribution is 2.27. The number of benzene rings is 1. The second kappa shape index (κ2) is 7.03. The van der Waals surface area contributed by atoms with E-state index in [1.807, 2.05) is 6.92 Å². The van der Waals surface area contributed by atoms with Gasteiger partial charge < -0.3 is 14.3 Å². The van der Waals surface area contributed by atoms with E-state index in [-0.39, 0.29) is 6.61 Å². The number of hydrogen-bond donors (Lipinski definition) is 1. The van der Waals surface area contributed by atoms with E-state index in [2.05, 4.69) is 26.1 Å². The summed E-state index contributed by atoms with van der Waals surface area (Å²) in [4.78, 5) is 10.5. The summed E-state index contributed by atoms with van der Waals surface area (Å²) in [5.74, 6) is 0.601. The Bertz CT molecular complexity index is 667. The minimum atomic E-state index is -0.991. The van der Waals surface area contributed by atoms with Crippen LogP contribution in [0, 0.1) is 0 Å². The first-order valence-corrected chi connectivity index (χ1v) is 7.02. The lowest BCUT2D eigenvalue weighted by molar-refractivity contribution is -0.131. The predicted molar refractivity (Wildman–Crippen MR) is 78.8 cm³/mol. The Labute approximate surface area is 129 Å². The van der Waals surface area contributed by atoms with Crippen LogP contribution in [0.15, 0.2) is 33.2 Å². The summed E-state index contributed by atoms with van der Waals surface area (Å²) in [5.41, 5.74) is 0.752. The van der Waals surface area contributed by atoms with Crippen molar-refractivity contribution in [2.75, 3.05) is 0 Å². The molecule has 6 nitrogen and oxygen atoms in total. The third-order valence-corrected chi connectivity index (χ3v) is 3.16. The molecule has 1 aromatic heterocycles. The van der Waals surface area contributed by atoms with Crippen molar-refractivity contribution in [3.63, 3.8) is 0 Å².